The van der Waals surface area contributed by atoms with Crippen molar-refractivity contribution >= 4 is 29.2 Å². The van der Waals surface area contributed by atoms with Gasteiger partial charge in [0.25, 0.3) is 0 Å². The van der Waals surface area contributed by atoms with Crippen LogP contribution in [0.5, 0.6) is 5.75 Å². The highest BCUT2D eigenvalue weighted by Crippen LogP contribution is 2.27. The number of hydrogen-bond acceptors (Lipinski definition) is 5. The molecule has 0 radical (unpaired) electrons. The van der Waals surface area contributed by atoms with E-state index in [1.54, 1.807) is 37.6 Å². The van der Waals surface area contributed by atoms with Gasteiger partial charge in [-0.3, -0.25) is 14.7 Å². The number of rotatable bonds is 7. The predicted octanol–water partition coefficient (Wildman–Crippen LogP) is 3.25. The number of carbonyl (C=O) groups is 2. The zero-order valence-electron chi connectivity index (χ0n) is 18.6. The molecule has 1 aliphatic heterocycles. The van der Waals surface area contributed by atoms with Crippen LogP contribution in [0.4, 0.5) is 10.5 Å². The number of halogens is 1. The maximum atomic E-state index is 12.7. The SMILES string of the molecule is COc1ccc(C2CN(CC(=O)NC(C)C)CCC2NC(=O)Nc2ccc(Cl)cc2)nc1. The third kappa shape index (κ3) is 6.83. The highest BCUT2D eigenvalue weighted by Gasteiger charge is 2.33. The second-order valence-corrected chi connectivity index (χ2v) is 8.62. The van der Waals surface area contributed by atoms with Gasteiger partial charge in [-0.1, -0.05) is 11.6 Å². The highest BCUT2D eigenvalue weighted by molar-refractivity contribution is 6.30. The van der Waals surface area contributed by atoms with E-state index in [0.29, 0.717) is 42.5 Å². The highest BCUT2D eigenvalue weighted by atomic mass is 35.5. The van der Waals surface area contributed by atoms with Crippen LogP contribution in [0.3, 0.4) is 0 Å². The number of methoxy groups -OCH3 is 1. The molecular weight excluding hydrogens is 430 g/mol. The summed E-state index contributed by atoms with van der Waals surface area (Å²) in [5, 5.41) is 9.47. The van der Waals surface area contributed by atoms with Gasteiger partial charge in [0.05, 0.1) is 19.9 Å². The van der Waals surface area contributed by atoms with Crippen molar-refractivity contribution in [3.05, 3.63) is 53.3 Å². The van der Waals surface area contributed by atoms with Gasteiger partial charge in [-0.2, -0.15) is 0 Å². The normalized spacial score (nSPS) is 18.8. The molecule has 2 aromatic rings. The summed E-state index contributed by atoms with van der Waals surface area (Å²) in [7, 11) is 1.60. The number of ether oxygens (including phenoxy) is 1. The number of piperidine rings is 1. The van der Waals surface area contributed by atoms with Crippen LogP contribution in [0, 0.1) is 0 Å². The molecule has 1 aromatic heterocycles. The Labute approximate surface area is 193 Å². The van der Waals surface area contributed by atoms with Gasteiger partial charge >= 0.3 is 6.03 Å². The van der Waals surface area contributed by atoms with Crippen molar-refractivity contribution in [1.29, 1.82) is 0 Å². The molecule has 1 fully saturated rings. The molecule has 3 amide bonds. The number of benzene rings is 1. The van der Waals surface area contributed by atoms with Crippen LogP contribution in [0.2, 0.25) is 5.02 Å². The Morgan fingerprint density at radius 2 is 1.97 bits per heavy atom. The lowest BCUT2D eigenvalue weighted by Gasteiger charge is -2.38. The van der Waals surface area contributed by atoms with Crippen LogP contribution in [-0.2, 0) is 4.79 Å². The second kappa shape index (κ2) is 11.2. The monoisotopic (exact) mass is 459 g/mol. The van der Waals surface area contributed by atoms with Crippen molar-refractivity contribution in [2.75, 3.05) is 32.1 Å². The number of anilines is 1. The molecule has 9 heteroatoms. The predicted molar refractivity (Wildman–Crippen MR) is 125 cm³/mol. The summed E-state index contributed by atoms with van der Waals surface area (Å²) in [6.07, 6.45) is 2.37. The van der Waals surface area contributed by atoms with E-state index in [4.69, 9.17) is 16.3 Å². The summed E-state index contributed by atoms with van der Waals surface area (Å²) in [6, 6.07) is 10.4. The zero-order chi connectivity index (χ0) is 23.1. The second-order valence-electron chi connectivity index (χ2n) is 8.19. The lowest BCUT2D eigenvalue weighted by molar-refractivity contribution is -0.123. The minimum absolute atomic E-state index is 0.00618. The van der Waals surface area contributed by atoms with Crippen molar-refractivity contribution in [3.63, 3.8) is 0 Å². The number of nitrogens with one attached hydrogen (secondary N) is 3. The van der Waals surface area contributed by atoms with Crippen LogP contribution in [0.1, 0.15) is 31.9 Å². The Bertz CT molecular complexity index is 905. The summed E-state index contributed by atoms with van der Waals surface area (Å²) in [4.78, 5) is 31.6. The molecule has 0 saturated carbocycles. The fraction of sp³-hybridized carbons (Fsp3) is 0.435. The number of urea groups is 1. The molecule has 3 N–H and O–H groups in total. The summed E-state index contributed by atoms with van der Waals surface area (Å²) in [5.41, 5.74) is 1.50. The largest absolute Gasteiger partial charge is 0.495 e. The van der Waals surface area contributed by atoms with E-state index in [0.717, 1.165) is 5.69 Å². The molecule has 32 heavy (non-hydrogen) atoms. The molecule has 1 aromatic carbocycles. The van der Waals surface area contributed by atoms with Crippen LogP contribution in [0.15, 0.2) is 42.6 Å². The molecule has 0 spiro atoms. The zero-order valence-corrected chi connectivity index (χ0v) is 19.4. The van der Waals surface area contributed by atoms with E-state index < -0.39 is 0 Å². The molecule has 1 aliphatic rings. The van der Waals surface area contributed by atoms with Gasteiger partial charge in [-0.15, -0.1) is 0 Å². The van der Waals surface area contributed by atoms with Gasteiger partial charge in [0, 0.05) is 47.5 Å². The van der Waals surface area contributed by atoms with Gasteiger partial charge in [-0.25, -0.2) is 4.79 Å². The third-order valence-corrected chi connectivity index (χ3v) is 5.56. The number of aromatic nitrogens is 1. The molecule has 2 heterocycles. The molecule has 0 aliphatic carbocycles. The molecule has 3 rings (SSSR count). The van der Waals surface area contributed by atoms with Gasteiger partial charge in [0.1, 0.15) is 5.75 Å². The molecule has 1 saturated heterocycles. The average molecular weight is 460 g/mol. The van der Waals surface area contributed by atoms with E-state index >= 15 is 0 Å². The number of nitrogens with zero attached hydrogens (tertiary/aromatic N) is 2. The number of amides is 3. The minimum atomic E-state index is -0.290. The van der Waals surface area contributed by atoms with Gasteiger partial charge in [0.2, 0.25) is 5.91 Å². The first-order valence-corrected chi connectivity index (χ1v) is 11.1. The van der Waals surface area contributed by atoms with Crippen LogP contribution >= 0.6 is 11.6 Å². The average Bonchev–Trinajstić information content (AvgIpc) is 2.76. The molecule has 0 bridgehead atoms. The number of carbonyl (C=O) groups excluding carboxylic acids is 2. The number of pyridine rings is 1. The van der Waals surface area contributed by atoms with Crippen molar-refractivity contribution in [2.45, 2.75) is 38.3 Å². The Morgan fingerprint density at radius 1 is 1.22 bits per heavy atom. The molecule has 8 nitrogen and oxygen atoms in total. The Kier molecular flexibility index (Phi) is 8.30. The molecule has 172 valence electrons. The summed E-state index contributed by atoms with van der Waals surface area (Å²) in [6.45, 7) is 5.50. The molecule has 2 unspecified atom stereocenters. The number of likely N-dealkylation sites (tertiary alicyclic amines) is 1. The smallest absolute Gasteiger partial charge is 0.319 e. The quantitative estimate of drug-likeness (QED) is 0.590. The van der Waals surface area contributed by atoms with Crippen molar-refractivity contribution in [1.82, 2.24) is 20.5 Å². The topological polar surface area (TPSA) is 95.6 Å². The van der Waals surface area contributed by atoms with Gasteiger partial charge in [0.15, 0.2) is 0 Å². The van der Waals surface area contributed by atoms with E-state index in [1.807, 2.05) is 26.0 Å². The third-order valence-electron chi connectivity index (χ3n) is 5.31. The van der Waals surface area contributed by atoms with Crippen LogP contribution in [-0.4, -0.2) is 60.6 Å². The first-order valence-electron chi connectivity index (χ1n) is 10.7. The Hall–Kier alpha value is -2.84. The van der Waals surface area contributed by atoms with E-state index in [2.05, 4.69) is 25.8 Å². The maximum Gasteiger partial charge on any atom is 0.319 e. The molecular formula is C23H30ClN5O3. The number of hydrogen-bond donors (Lipinski definition) is 3. The first kappa shape index (κ1) is 23.8. The first-order chi connectivity index (χ1) is 15.3. The standard InChI is InChI=1S/C23H30ClN5O3/c1-15(2)26-22(30)14-29-11-10-21(19(13-29)20-9-8-18(32-3)12-25-20)28-23(31)27-17-6-4-16(24)5-7-17/h4-9,12,15,19,21H,10-11,13-14H2,1-3H3,(H,26,30)(H2,27,28,31). The van der Waals surface area contributed by atoms with Gasteiger partial charge < -0.3 is 20.7 Å². The maximum absolute atomic E-state index is 12.7. The van der Waals surface area contributed by atoms with E-state index in [-0.39, 0.29) is 29.9 Å². The summed E-state index contributed by atoms with van der Waals surface area (Å²) >= 11 is 5.91. The minimum Gasteiger partial charge on any atom is -0.495 e. The van der Waals surface area contributed by atoms with Crippen molar-refractivity contribution in [2.24, 2.45) is 0 Å². The Morgan fingerprint density at radius 3 is 2.59 bits per heavy atom. The van der Waals surface area contributed by atoms with Crippen molar-refractivity contribution in [3.8, 4) is 5.75 Å². The lowest BCUT2D eigenvalue weighted by atomic mass is 9.88. The van der Waals surface area contributed by atoms with Gasteiger partial charge in [-0.05, 0) is 56.7 Å². The fourth-order valence-electron chi connectivity index (χ4n) is 3.81. The lowest BCUT2D eigenvalue weighted by Crippen LogP contribution is -2.52. The van der Waals surface area contributed by atoms with Crippen molar-refractivity contribution < 1.29 is 14.3 Å². The molecule has 2 atom stereocenters. The summed E-state index contributed by atoms with van der Waals surface area (Å²) in [5.74, 6) is 0.591. The Balaban J connectivity index is 1.70. The van der Waals surface area contributed by atoms with E-state index in [9.17, 15) is 9.59 Å². The van der Waals surface area contributed by atoms with E-state index in [1.165, 1.54) is 0 Å². The summed E-state index contributed by atoms with van der Waals surface area (Å²) < 4.78 is 5.22. The van der Waals surface area contributed by atoms with Crippen LogP contribution < -0.4 is 20.7 Å². The fourth-order valence-corrected chi connectivity index (χ4v) is 3.93. The van der Waals surface area contributed by atoms with Crippen LogP contribution in [0.25, 0.3) is 0 Å².